The third kappa shape index (κ3) is 6.41. The predicted molar refractivity (Wildman–Crippen MR) is 202 cm³/mol. The number of carbonyl (C=O) groups is 3. The second-order valence-corrected chi connectivity index (χ2v) is 17.6. The lowest BCUT2D eigenvalue weighted by molar-refractivity contribution is -0.180. The molecule has 1 atom stereocenters. The summed E-state index contributed by atoms with van der Waals surface area (Å²) in [7, 11) is 0. The molecule has 1 N–H and O–H groups in total. The van der Waals surface area contributed by atoms with Crippen LogP contribution in [-0.2, 0) is 25.9 Å². The number of nitrogens with zero attached hydrogens (tertiary/aromatic N) is 6. The molecule has 4 saturated carbocycles. The van der Waals surface area contributed by atoms with Gasteiger partial charge in [-0.05, 0) is 119 Å². The predicted octanol–water partition coefficient (Wildman–Crippen LogP) is 6.87. The molecule has 4 heterocycles. The maximum atomic E-state index is 15.0. The minimum absolute atomic E-state index is 0.101. The van der Waals surface area contributed by atoms with Crippen LogP contribution in [0.2, 0.25) is 0 Å². The Hall–Kier alpha value is -5.08. The highest BCUT2D eigenvalue weighted by Crippen LogP contribution is 2.59. The molecular formula is C42H46F3N7O5. The average molecular weight is 786 g/mol. The second-order valence-electron chi connectivity index (χ2n) is 17.6. The number of carbonyl (C=O) groups excluding carboxylic acids is 3. The van der Waals surface area contributed by atoms with Crippen molar-refractivity contribution in [1.29, 1.82) is 0 Å². The van der Waals surface area contributed by atoms with Gasteiger partial charge in [-0.2, -0.15) is 13.2 Å². The SMILES string of the molecule is CC(C)(C)OC(=O)C1(NC(=O)c2cnc(N3C(=O)C4(C=CCC4)c4cc(OC5CCN(c6ncccn6)CC5)ccc43)nc2C(F)(F)F)C2CC3CC(C2)CC1C3. The molecule has 5 fully saturated rings. The highest BCUT2D eigenvalue weighted by Gasteiger charge is 2.63. The van der Waals surface area contributed by atoms with Crippen molar-refractivity contribution in [1.82, 2.24) is 25.3 Å². The monoisotopic (exact) mass is 785 g/mol. The molecule has 0 radical (unpaired) electrons. The summed E-state index contributed by atoms with van der Waals surface area (Å²) in [5.74, 6) is -1.20. The van der Waals surface area contributed by atoms with Gasteiger partial charge in [0.1, 0.15) is 23.0 Å². The minimum Gasteiger partial charge on any atom is -0.490 e. The van der Waals surface area contributed by atoms with E-state index in [-0.39, 0.29) is 17.9 Å². The van der Waals surface area contributed by atoms with Crippen LogP contribution < -0.4 is 19.9 Å². The van der Waals surface area contributed by atoms with Gasteiger partial charge >= 0.3 is 12.1 Å². The number of hydrogen-bond acceptors (Lipinski definition) is 10. The van der Waals surface area contributed by atoms with Crippen molar-refractivity contribution >= 4 is 35.4 Å². The van der Waals surface area contributed by atoms with Crippen LogP contribution in [0.25, 0.3) is 0 Å². The van der Waals surface area contributed by atoms with E-state index >= 15 is 0 Å². The number of nitrogens with one attached hydrogen (secondary N) is 1. The van der Waals surface area contributed by atoms with Crippen molar-refractivity contribution in [2.24, 2.45) is 23.7 Å². The summed E-state index contributed by atoms with van der Waals surface area (Å²) in [5, 5.41) is 2.82. The van der Waals surface area contributed by atoms with Gasteiger partial charge in [0.05, 0.1) is 16.7 Å². The van der Waals surface area contributed by atoms with Crippen molar-refractivity contribution < 1.29 is 37.0 Å². The van der Waals surface area contributed by atoms with E-state index in [1.165, 1.54) is 0 Å². The first-order valence-corrected chi connectivity index (χ1v) is 20.0. The van der Waals surface area contributed by atoms with Gasteiger partial charge in [-0.3, -0.25) is 9.59 Å². The zero-order chi connectivity index (χ0) is 39.9. The number of piperidine rings is 1. The molecule has 7 aliphatic rings. The van der Waals surface area contributed by atoms with Gasteiger partial charge in [-0.25, -0.2) is 29.6 Å². The minimum atomic E-state index is -5.09. The van der Waals surface area contributed by atoms with Crippen molar-refractivity contribution in [2.45, 2.75) is 107 Å². The molecule has 2 aromatic heterocycles. The Bertz CT molecular complexity index is 2100. The van der Waals surface area contributed by atoms with Gasteiger partial charge in [0.25, 0.3) is 5.91 Å². The maximum Gasteiger partial charge on any atom is 0.434 e. The molecule has 15 heteroatoms. The summed E-state index contributed by atoms with van der Waals surface area (Å²) >= 11 is 0. The normalized spacial score (nSPS) is 29.3. The summed E-state index contributed by atoms with van der Waals surface area (Å²) in [5.41, 5.74) is -4.86. The maximum absolute atomic E-state index is 15.0. The molecule has 1 unspecified atom stereocenters. The van der Waals surface area contributed by atoms with Crippen LogP contribution in [0.1, 0.15) is 100 Å². The van der Waals surface area contributed by atoms with Crippen molar-refractivity contribution in [3.8, 4) is 5.75 Å². The first-order chi connectivity index (χ1) is 27.1. The molecular weight excluding hydrogens is 740 g/mol. The van der Waals surface area contributed by atoms with Crippen molar-refractivity contribution in [3.05, 3.63) is 71.8 Å². The summed E-state index contributed by atoms with van der Waals surface area (Å²) < 4.78 is 57.3. The Morgan fingerprint density at radius 1 is 0.930 bits per heavy atom. The van der Waals surface area contributed by atoms with Gasteiger partial charge < -0.3 is 19.7 Å². The van der Waals surface area contributed by atoms with Crippen LogP contribution in [0, 0.1) is 23.7 Å². The fraction of sp³-hybridized carbons (Fsp3) is 0.548. The van der Waals surface area contributed by atoms with Gasteiger partial charge in [-0.15, -0.1) is 0 Å². The largest absolute Gasteiger partial charge is 0.490 e. The number of halogens is 3. The molecule has 12 nitrogen and oxygen atoms in total. The summed E-state index contributed by atoms with van der Waals surface area (Å²) in [6, 6.07) is 6.93. The molecule has 10 rings (SSSR count). The van der Waals surface area contributed by atoms with E-state index in [1.54, 1.807) is 63.5 Å². The smallest absolute Gasteiger partial charge is 0.434 e. The topological polar surface area (TPSA) is 140 Å². The number of benzene rings is 1. The van der Waals surface area contributed by atoms with Crippen LogP contribution in [0.5, 0.6) is 5.75 Å². The zero-order valence-electron chi connectivity index (χ0n) is 32.2. The van der Waals surface area contributed by atoms with E-state index in [0.717, 1.165) is 30.4 Å². The molecule has 1 spiro atoms. The molecule has 2 amide bonds. The molecule has 3 aromatic rings. The van der Waals surface area contributed by atoms with E-state index in [2.05, 4.69) is 30.2 Å². The fourth-order valence-electron chi connectivity index (χ4n) is 10.7. The number of hydrogen-bond donors (Lipinski definition) is 1. The lowest BCUT2D eigenvalue weighted by Gasteiger charge is -2.59. The summed E-state index contributed by atoms with van der Waals surface area (Å²) in [6.07, 6.45) is 9.02. The zero-order valence-corrected chi connectivity index (χ0v) is 32.2. The molecule has 2 aliphatic heterocycles. The lowest BCUT2D eigenvalue weighted by atomic mass is 9.48. The Kier molecular flexibility index (Phi) is 8.89. The fourth-order valence-corrected chi connectivity index (χ4v) is 10.7. The number of esters is 1. The first-order valence-electron chi connectivity index (χ1n) is 20.0. The Labute approximate surface area is 328 Å². The number of fused-ring (bicyclic) bond motifs is 2. The van der Waals surface area contributed by atoms with Gasteiger partial charge in [0.15, 0.2) is 5.69 Å². The number of anilines is 3. The van der Waals surface area contributed by atoms with Gasteiger partial charge in [0.2, 0.25) is 17.8 Å². The van der Waals surface area contributed by atoms with E-state index in [4.69, 9.17) is 9.47 Å². The highest BCUT2D eigenvalue weighted by molar-refractivity contribution is 6.13. The second kappa shape index (κ2) is 13.5. The van der Waals surface area contributed by atoms with E-state index < -0.39 is 57.7 Å². The Morgan fingerprint density at radius 3 is 2.23 bits per heavy atom. The standard InChI is InChI=1S/C42H46F3N7O5/c1-39(2,3)57-36(55)41(26-18-24-17-25(20-26)21-27(41)19-24)50-34(53)30-23-48-38(49-33(30)42(43,44)45)52-32-8-7-29(22-31(32)40(35(52)54)11-4-5-12-40)56-28-9-15-51(16-10-28)37-46-13-6-14-47-37/h4,6-8,11,13-14,22-28H,5,9-10,12,15-21H2,1-3H3,(H,50,53). The Morgan fingerprint density at radius 2 is 1.61 bits per heavy atom. The molecule has 1 aromatic carbocycles. The van der Waals surface area contributed by atoms with Crippen LogP contribution in [0.15, 0.2) is 55.0 Å². The van der Waals surface area contributed by atoms with Gasteiger partial charge in [0, 0.05) is 44.5 Å². The number of alkyl halides is 3. The van der Waals surface area contributed by atoms with E-state index in [9.17, 15) is 27.6 Å². The number of ether oxygens (including phenoxy) is 2. The summed E-state index contributed by atoms with van der Waals surface area (Å²) in [6.45, 7) is 6.60. The third-order valence-electron chi connectivity index (χ3n) is 12.9. The molecule has 5 aliphatic carbocycles. The van der Waals surface area contributed by atoms with Crippen molar-refractivity contribution in [3.63, 3.8) is 0 Å². The third-order valence-corrected chi connectivity index (χ3v) is 12.9. The Balaban J connectivity index is 1.01. The number of allylic oxidation sites excluding steroid dienone is 1. The van der Waals surface area contributed by atoms with E-state index in [1.807, 2.05) is 6.08 Å². The van der Waals surface area contributed by atoms with Crippen LogP contribution >= 0.6 is 0 Å². The number of aromatic nitrogens is 4. The molecule has 1 saturated heterocycles. The number of amides is 2. The highest BCUT2D eigenvalue weighted by atomic mass is 19.4. The van der Waals surface area contributed by atoms with E-state index in [0.29, 0.717) is 86.4 Å². The molecule has 300 valence electrons. The average Bonchev–Trinajstić information content (AvgIpc) is 3.75. The van der Waals surface area contributed by atoms with Crippen LogP contribution in [0.4, 0.5) is 30.8 Å². The first kappa shape index (κ1) is 37.5. The lowest BCUT2D eigenvalue weighted by Crippen LogP contribution is -2.71. The van der Waals surface area contributed by atoms with Gasteiger partial charge in [-0.1, -0.05) is 12.2 Å². The summed E-state index contributed by atoms with van der Waals surface area (Å²) in [4.78, 5) is 62.7. The molecule has 57 heavy (non-hydrogen) atoms. The van der Waals surface area contributed by atoms with Crippen LogP contribution in [0.3, 0.4) is 0 Å². The molecule has 4 bridgehead atoms. The number of rotatable bonds is 7. The quantitative estimate of drug-likeness (QED) is 0.200. The van der Waals surface area contributed by atoms with Crippen LogP contribution in [-0.4, -0.2) is 68.1 Å². The van der Waals surface area contributed by atoms with Crippen molar-refractivity contribution in [2.75, 3.05) is 22.9 Å².